The molecule has 0 fully saturated rings. The fourth-order valence-corrected chi connectivity index (χ4v) is 6.54. The number of thiophene rings is 1. The van der Waals surface area contributed by atoms with Crippen molar-refractivity contribution in [3.05, 3.63) is 56.7 Å². The van der Waals surface area contributed by atoms with E-state index in [1.807, 2.05) is 39.0 Å². The summed E-state index contributed by atoms with van der Waals surface area (Å²) in [4.78, 5) is 33.1. The predicted octanol–water partition coefficient (Wildman–Crippen LogP) is 4.97. The number of carbonyl (C=O) groups excluding carboxylic acids is 1. The summed E-state index contributed by atoms with van der Waals surface area (Å²) in [6.07, 6.45) is 6.16. The van der Waals surface area contributed by atoms with Gasteiger partial charge in [-0.25, -0.2) is 4.98 Å². The van der Waals surface area contributed by atoms with Gasteiger partial charge in [-0.15, -0.1) is 11.3 Å². The summed E-state index contributed by atoms with van der Waals surface area (Å²) in [5.41, 5.74) is 2.54. The topological polar surface area (TPSA) is 64.0 Å². The lowest BCUT2D eigenvalue weighted by Crippen LogP contribution is -2.38. The summed E-state index contributed by atoms with van der Waals surface area (Å²) in [7, 11) is 0. The van der Waals surface area contributed by atoms with E-state index in [0.717, 1.165) is 42.3 Å². The molecule has 2 heterocycles. The first kappa shape index (κ1) is 23.1. The Bertz CT molecular complexity index is 1150. The van der Waals surface area contributed by atoms with Gasteiger partial charge in [0.25, 0.3) is 5.56 Å². The number of aryl methyl sites for hydroxylation is 3. The van der Waals surface area contributed by atoms with Crippen molar-refractivity contribution in [3.8, 4) is 0 Å². The van der Waals surface area contributed by atoms with Gasteiger partial charge in [-0.1, -0.05) is 42.1 Å². The highest BCUT2D eigenvalue weighted by Crippen LogP contribution is 2.35. The monoisotopic (exact) mass is 469 g/mol. The maximum atomic E-state index is 13.3. The van der Waals surface area contributed by atoms with Crippen molar-refractivity contribution in [1.29, 1.82) is 0 Å². The molecule has 170 valence electrons. The van der Waals surface area contributed by atoms with Crippen LogP contribution in [0, 0.1) is 0 Å². The van der Waals surface area contributed by atoms with Crippen molar-refractivity contribution in [1.82, 2.24) is 14.9 Å². The number of benzene rings is 1. The Hall–Kier alpha value is -2.12. The van der Waals surface area contributed by atoms with E-state index >= 15 is 0 Å². The highest BCUT2D eigenvalue weighted by Gasteiger charge is 2.24. The third kappa shape index (κ3) is 4.94. The molecule has 1 aromatic carbocycles. The van der Waals surface area contributed by atoms with E-state index < -0.39 is 0 Å². The van der Waals surface area contributed by atoms with Crippen LogP contribution in [0.4, 0.5) is 0 Å². The van der Waals surface area contributed by atoms with Crippen LogP contribution in [0.1, 0.15) is 56.0 Å². The van der Waals surface area contributed by atoms with Crippen LogP contribution in [0.15, 0.2) is 40.3 Å². The molecule has 5 nitrogen and oxygen atoms in total. The average Bonchev–Trinajstić information content (AvgIpc) is 3.17. The van der Waals surface area contributed by atoms with Crippen molar-refractivity contribution >= 4 is 39.2 Å². The van der Waals surface area contributed by atoms with Gasteiger partial charge in [0.05, 0.1) is 10.6 Å². The fourth-order valence-electron chi connectivity index (χ4n) is 4.26. The predicted molar refractivity (Wildman–Crippen MR) is 134 cm³/mol. The third-order valence-corrected chi connectivity index (χ3v) is 8.38. The Labute approximate surface area is 197 Å². The third-order valence-electron chi connectivity index (χ3n) is 6.10. The van der Waals surface area contributed by atoms with Gasteiger partial charge in [-0.2, -0.15) is 0 Å². The van der Waals surface area contributed by atoms with Gasteiger partial charge in [0.2, 0.25) is 5.91 Å². The average molecular weight is 470 g/mol. The highest BCUT2D eigenvalue weighted by atomic mass is 32.2. The van der Waals surface area contributed by atoms with Crippen LogP contribution in [0.3, 0.4) is 0 Å². The van der Waals surface area contributed by atoms with Crippen LogP contribution >= 0.6 is 23.1 Å². The normalized spacial score (nSPS) is 15.3. The molecule has 2 atom stereocenters. The van der Waals surface area contributed by atoms with E-state index in [-0.39, 0.29) is 22.8 Å². The molecule has 1 N–H and O–H groups in total. The molecule has 1 aliphatic carbocycles. The number of nitrogens with zero attached hydrogens (tertiary/aromatic N) is 2. The van der Waals surface area contributed by atoms with Crippen molar-refractivity contribution < 1.29 is 4.79 Å². The first-order valence-electron chi connectivity index (χ1n) is 11.5. The molecule has 0 bridgehead atoms. The molecule has 7 heteroatoms. The molecule has 0 saturated heterocycles. The zero-order valence-corrected chi connectivity index (χ0v) is 20.7. The minimum absolute atomic E-state index is 0.0157. The van der Waals surface area contributed by atoms with Gasteiger partial charge in [0.1, 0.15) is 4.83 Å². The van der Waals surface area contributed by atoms with Crippen molar-refractivity contribution in [3.63, 3.8) is 0 Å². The second-order valence-corrected chi connectivity index (χ2v) is 10.9. The molecular weight excluding hydrogens is 438 g/mol. The van der Waals surface area contributed by atoms with Crippen molar-refractivity contribution in [2.75, 3.05) is 0 Å². The molecule has 2 aromatic heterocycles. The first-order valence-corrected chi connectivity index (χ1v) is 13.2. The second-order valence-electron chi connectivity index (χ2n) is 8.53. The zero-order valence-electron chi connectivity index (χ0n) is 19.0. The lowest BCUT2D eigenvalue weighted by molar-refractivity contribution is -0.120. The molecule has 0 spiro atoms. The largest absolute Gasteiger partial charge is 0.353 e. The van der Waals surface area contributed by atoms with E-state index in [9.17, 15) is 9.59 Å². The minimum atomic E-state index is -0.328. The second kappa shape index (κ2) is 10.2. The summed E-state index contributed by atoms with van der Waals surface area (Å²) in [6.45, 7) is 6.45. The maximum Gasteiger partial charge on any atom is 0.263 e. The van der Waals surface area contributed by atoms with Crippen LogP contribution in [0.2, 0.25) is 0 Å². The van der Waals surface area contributed by atoms with E-state index in [1.54, 1.807) is 15.9 Å². The molecule has 0 saturated carbocycles. The number of aromatic nitrogens is 2. The number of nitrogens with one attached hydrogen (secondary N) is 1. The molecule has 0 unspecified atom stereocenters. The van der Waals surface area contributed by atoms with Gasteiger partial charge >= 0.3 is 0 Å². The Balaban J connectivity index is 1.46. The lowest BCUT2D eigenvalue weighted by atomic mass is 9.97. The Morgan fingerprint density at radius 3 is 2.72 bits per heavy atom. The van der Waals surface area contributed by atoms with Gasteiger partial charge in [0.15, 0.2) is 5.16 Å². The molecule has 1 amide bonds. The van der Waals surface area contributed by atoms with Crippen LogP contribution < -0.4 is 10.9 Å². The van der Waals surface area contributed by atoms with Crippen molar-refractivity contribution in [2.45, 2.75) is 82.3 Å². The summed E-state index contributed by atoms with van der Waals surface area (Å²) in [6, 6.07) is 10.4. The number of amides is 1. The quantitative estimate of drug-likeness (QED) is 0.373. The zero-order chi connectivity index (χ0) is 22.7. The molecule has 3 aromatic rings. The SMILES string of the molecule is CCn1c(S[C@H](C)C(=O)N[C@@H](C)CCc2ccccc2)nc2sc3c(c2c1=O)CCCC3. The summed E-state index contributed by atoms with van der Waals surface area (Å²) >= 11 is 3.04. The standard InChI is InChI=1S/C25H31N3O2S2/c1-4-28-24(30)21-19-12-8-9-13-20(19)32-23(21)27-25(28)31-17(3)22(29)26-16(2)14-15-18-10-6-5-7-11-18/h5-7,10-11,16-17H,4,8-9,12-15H2,1-3H3,(H,26,29)/t16-,17+/m0/s1. The van der Waals surface area contributed by atoms with E-state index in [4.69, 9.17) is 4.98 Å². The Morgan fingerprint density at radius 1 is 1.22 bits per heavy atom. The summed E-state index contributed by atoms with van der Waals surface area (Å²) < 4.78 is 1.73. The van der Waals surface area contributed by atoms with E-state index in [2.05, 4.69) is 17.4 Å². The molecule has 32 heavy (non-hydrogen) atoms. The number of carbonyl (C=O) groups is 1. The smallest absolute Gasteiger partial charge is 0.263 e. The molecule has 4 rings (SSSR count). The first-order chi connectivity index (χ1) is 15.5. The number of hydrogen-bond acceptors (Lipinski definition) is 5. The Morgan fingerprint density at radius 2 is 1.97 bits per heavy atom. The van der Waals surface area contributed by atoms with E-state index in [0.29, 0.717) is 11.7 Å². The van der Waals surface area contributed by atoms with Crippen LogP contribution in [-0.2, 0) is 30.6 Å². The number of hydrogen-bond donors (Lipinski definition) is 1. The molecule has 0 radical (unpaired) electrons. The summed E-state index contributed by atoms with van der Waals surface area (Å²) in [5.74, 6) is -0.0157. The molecular formula is C25H31N3O2S2. The fraction of sp³-hybridized carbons (Fsp3) is 0.480. The van der Waals surface area contributed by atoms with Gasteiger partial charge < -0.3 is 5.32 Å². The maximum absolute atomic E-state index is 13.3. The van der Waals surface area contributed by atoms with Crippen LogP contribution in [0.5, 0.6) is 0 Å². The van der Waals surface area contributed by atoms with E-state index in [1.165, 1.54) is 34.2 Å². The van der Waals surface area contributed by atoms with Gasteiger partial charge in [-0.3, -0.25) is 14.2 Å². The number of rotatable bonds is 8. The van der Waals surface area contributed by atoms with Crippen molar-refractivity contribution in [2.24, 2.45) is 0 Å². The number of thioether (sulfide) groups is 1. The minimum Gasteiger partial charge on any atom is -0.353 e. The van der Waals surface area contributed by atoms with Gasteiger partial charge in [-0.05, 0) is 70.4 Å². The van der Waals surface area contributed by atoms with Crippen LogP contribution in [-0.4, -0.2) is 26.8 Å². The lowest BCUT2D eigenvalue weighted by Gasteiger charge is -2.18. The molecule has 0 aliphatic heterocycles. The summed E-state index contributed by atoms with van der Waals surface area (Å²) in [5, 5.41) is 4.25. The van der Waals surface area contributed by atoms with Crippen LogP contribution in [0.25, 0.3) is 10.2 Å². The Kier molecular flexibility index (Phi) is 7.36. The molecule has 1 aliphatic rings. The number of fused-ring (bicyclic) bond motifs is 3. The highest BCUT2D eigenvalue weighted by molar-refractivity contribution is 8.00. The van der Waals surface area contributed by atoms with Gasteiger partial charge in [0, 0.05) is 17.5 Å².